The third-order valence-corrected chi connectivity index (χ3v) is 3.53. The first-order valence-electron chi connectivity index (χ1n) is 5.99. The van der Waals surface area contributed by atoms with Crippen molar-refractivity contribution >= 4 is 17.7 Å². The van der Waals surface area contributed by atoms with E-state index < -0.39 is 0 Å². The van der Waals surface area contributed by atoms with Crippen molar-refractivity contribution < 1.29 is 9.18 Å². The van der Waals surface area contributed by atoms with Crippen molar-refractivity contribution in [3.05, 3.63) is 29.6 Å². The quantitative estimate of drug-likeness (QED) is 0.781. The van der Waals surface area contributed by atoms with Gasteiger partial charge in [0, 0.05) is 17.5 Å². The van der Waals surface area contributed by atoms with E-state index in [1.54, 1.807) is 19.1 Å². The van der Waals surface area contributed by atoms with Gasteiger partial charge in [0.25, 0.3) is 0 Å². The van der Waals surface area contributed by atoms with E-state index in [4.69, 9.17) is 5.73 Å². The highest BCUT2D eigenvalue weighted by atomic mass is 32.2. The molecular weight excluding hydrogens is 251 g/mol. The molecule has 0 aromatic heterocycles. The van der Waals surface area contributed by atoms with Crippen LogP contribution in [0.15, 0.2) is 23.1 Å². The second kappa shape index (κ2) is 7.38. The monoisotopic (exact) mass is 270 g/mol. The van der Waals surface area contributed by atoms with Crippen molar-refractivity contribution in [3.8, 4) is 0 Å². The summed E-state index contributed by atoms with van der Waals surface area (Å²) in [6.07, 6.45) is 0.890. The van der Waals surface area contributed by atoms with Gasteiger partial charge in [-0.1, -0.05) is 19.1 Å². The van der Waals surface area contributed by atoms with Gasteiger partial charge in [0.2, 0.25) is 5.91 Å². The number of amides is 1. The van der Waals surface area contributed by atoms with Gasteiger partial charge in [0.05, 0.1) is 5.75 Å². The number of hydrogen-bond donors (Lipinski definition) is 2. The predicted molar refractivity (Wildman–Crippen MR) is 73.0 cm³/mol. The zero-order chi connectivity index (χ0) is 13.5. The highest BCUT2D eigenvalue weighted by Crippen LogP contribution is 2.29. The minimum atomic E-state index is -0.321. The van der Waals surface area contributed by atoms with Crippen LogP contribution < -0.4 is 11.1 Å². The lowest BCUT2D eigenvalue weighted by atomic mass is 10.1. The van der Waals surface area contributed by atoms with Crippen LogP contribution in [0.5, 0.6) is 0 Å². The fourth-order valence-electron chi connectivity index (χ4n) is 1.49. The maximum atomic E-state index is 13.7. The van der Waals surface area contributed by atoms with Crippen molar-refractivity contribution in [1.82, 2.24) is 5.32 Å². The largest absolute Gasteiger partial charge is 0.355 e. The van der Waals surface area contributed by atoms with Crippen molar-refractivity contribution in [2.24, 2.45) is 5.73 Å². The molecule has 18 heavy (non-hydrogen) atoms. The van der Waals surface area contributed by atoms with Gasteiger partial charge in [-0.15, -0.1) is 11.8 Å². The average Bonchev–Trinajstić information content (AvgIpc) is 2.34. The van der Waals surface area contributed by atoms with Crippen LogP contribution in [0.4, 0.5) is 4.39 Å². The number of nitrogens with one attached hydrogen (secondary N) is 1. The highest BCUT2D eigenvalue weighted by molar-refractivity contribution is 8.00. The Balaban J connectivity index is 2.69. The third-order valence-electron chi connectivity index (χ3n) is 2.41. The molecule has 3 N–H and O–H groups in total. The SMILES string of the molecule is CCCNC(=O)CSc1c(F)cccc1[C@@H](C)N. The van der Waals surface area contributed by atoms with E-state index in [1.807, 2.05) is 6.92 Å². The average molecular weight is 270 g/mol. The van der Waals surface area contributed by atoms with Crippen LogP contribution in [0.1, 0.15) is 31.9 Å². The van der Waals surface area contributed by atoms with Gasteiger partial charge in [0.1, 0.15) is 5.82 Å². The molecule has 0 saturated carbocycles. The number of rotatable bonds is 6. The van der Waals surface area contributed by atoms with Crippen LogP contribution in [0.2, 0.25) is 0 Å². The zero-order valence-corrected chi connectivity index (χ0v) is 11.5. The first-order valence-corrected chi connectivity index (χ1v) is 6.98. The summed E-state index contributed by atoms with van der Waals surface area (Å²) in [7, 11) is 0. The number of nitrogens with two attached hydrogens (primary N) is 1. The van der Waals surface area contributed by atoms with Crippen molar-refractivity contribution in [2.45, 2.75) is 31.2 Å². The summed E-state index contributed by atoms with van der Waals surface area (Å²) in [6, 6.07) is 4.56. The fourth-order valence-corrected chi connectivity index (χ4v) is 2.49. The van der Waals surface area contributed by atoms with Crippen LogP contribution in [0, 0.1) is 5.82 Å². The zero-order valence-electron chi connectivity index (χ0n) is 10.7. The number of thioether (sulfide) groups is 1. The van der Waals surface area contributed by atoms with Gasteiger partial charge in [-0.05, 0) is 25.0 Å². The molecule has 0 unspecified atom stereocenters. The van der Waals surface area contributed by atoms with E-state index in [0.717, 1.165) is 12.0 Å². The summed E-state index contributed by atoms with van der Waals surface area (Å²) in [6.45, 7) is 4.44. The Hall–Kier alpha value is -1.07. The highest BCUT2D eigenvalue weighted by Gasteiger charge is 2.13. The van der Waals surface area contributed by atoms with Gasteiger partial charge in [-0.3, -0.25) is 4.79 Å². The molecule has 0 saturated heterocycles. The standard InChI is InChI=1S/C13H19FN2OS/c1-3-7-16-12(17)8-18-13-10(9(2)15)5-4-6-11(13)14/h4-6,9H,3,7-8,15H2,1-2H3,(H,16,17)/t9-/m1/s1. The van der Waals surface area contributed by atoms with Gasteiger partial charge >= 0.3 is 0 Å². The number of hydrogen-bond acceptors (Lipinski definition) is 3. The molecule has 3 nitrogen and oxygen atoms in total. The molecule has 0 aliphatic heterocycles. The molecule has 1 aromatic rings. The minimum Gasteiger partial charge on any atom is -0.355 e. The summed E-state index contributed by atoms with van der Waals surface area (Å²) in [4.78, 5) is 12.0. The smallest absolute Gasteiger partial charge is 0.230 e. The molecule has 0 bridgehead atoms. The summed E-state index contributed by atoms with van der Waals surface area (Å²) in [5.41, 5.74) is 6.53. The first kappa shape index (κ1) is 15.0. The number of carbonyl (C=O) groups excluding carboxylic acids is 1. The lowest BCUT2D eigenvalue weighted by Gasteiger charge is -2.13. The molecular formula is C13H19FN2OS. The molecule has 0 aliphatic carbocycles. The van der Waals surface area contributed by atoms with Gasteiger partial charge in [0.15, 0.2) is 0 Å². The Labute approximate surface area is 111 Å². The molecule has 0 spiro atoms. The molecule has 100 valence electrons. The van der Waals surface area contributed by atoms with Crippen LogP contribution in [0.3, 0.4) is 0 Å². The Bertz CT molecular complexity index is 410. The minimum absolute atomic E-state index is 0.0827. The maximum Gasteiger partial charge on any atom is 0.230 e. The first-order chi connectivity index (χ1) is 8.56. The summed E-state index contributed by atoms with van der Waals surface area (Å²) < 4.78 is 13.7. The van der Waals surface area contributed by atoms with Crippen LogP contribution >= 0.6 is 11.8 Å². The van der Waals surface area contributed by atoms with Gasteiger partial charge in [-0.25, -0.2) is 4.39 Å². The Morgan fingerprint density at radius 3 is 2.89 bits per heavy atom. The van der Waals surface area contributed by atoms with Crippen molar-refractivity contribution in [1.29, 1.82) is 0 Å². The van der Waals surface area contributed by atoms with Crippen molar-refractivity contribution in [3.63, 3.8) is 0 Å². The number of halogens is 1. The van der Waals surface area contributed by atoms with Gasteiger partial charge < -0.3 is 11.1 Å². The Kier molecular flexibility index (Phi) is 6.15. The van der Waals surface area contributed by atoms with Gasteiger partial charge in [-0.2, -0.15) is 0 Å². The van der Waals surface area contributed by atoms with Crippen LogP contribution in [-0.4, -0.2) is 18.2 Å². The molecule has 0 radical (unpaired) electrons. The summed E-state index contributed by atoms with van der Waals surface area (Å²) in [5.74, 6) is -0.195. The van der Waals surface area contributed by atoms with Crippen molar-refractivity contribution in [2.75, 3.05) is 12.3 Å². The van der Waals surface area contributed by atoms with Crippen LogP contribution in [-0.2, 0) is 4.79 Å². The van der Waals surface area contributed by atoms with Crippen LogP contribution in [0.25, 0.3) is 0 Å². The molecule has 5 heteroatoms. The number of benzene rings is 1. The lowest BCUT2D eigenvalue weighted by Crippen LogP contribution is -2.25. The Morgan fingerprint density at radius 1 is 1.56 bits per heavy atom. The van der Waals surface area contributed by atoms with E-state index >= 15 is 0 Å². The topological polar surface area (TPSA) is 55.1 Å². The second-order valence-electron chi connectivity index (χ2n) is 4.09. The molecule has 1 aromatic carbocycles. The summed E-state index contributed by atoms with van der Waals surface area (Å²) in [5, 5.41) is 2.76. The molecule has 0 aliphatic rings. The third kappa shape index (κ3) is 4.31. The Morgan fingerprint density at radius 2 is 2.28 bits per heavy atom. The molecule has 0 fully saturated rings. The van der Waals surface area contributed by atoms with E-state index in [9.17, 15) is 9.18 Å². The molecule has 0 heterocycles. The molecule has 1 amide bonds. The summed E-state index contributed by atoms with van der Waals surface area (Å²) >= 11 is 1.19. The fraction of sp³-hybridized carbons (Fsp3) is 0.462. The van der Waals surface area contributed by atoms with E-state index in [0.29, 0.717) is 11.4 Å². The predicted octanol–water partition coefficient (Wildman–Crippen LogP) is 2.46. The maximum absolute atomic E-state index is 13.7. The van der Waals surface area contributed by atoms with E-state index in [1.165, 1.54) is 17.8 Å². The lowest BCUT2D eigenvalue weighted by molar-refractivity contribution is -0.118. The molecule has 1 atom stereocenters. The normalized spacial score (nSPS) is 12.2. The second-order valence-corrected chi connectivity index (χ2v) is 5.07. The molecule has 1 rings (SSSR count). The van der Waals surface area contributed by atoms with E-state index in [-0.39, 0.29) is 23.5 Å². The van der Waals surface area contributed by atoms with E-state index in [2.05, 4.69) is 5.32 Å². The number of carbonyl (C=O) groups is 1.